The average Bonchev–Trinajstić information content (AvgIpc) is 3.02. The molecule has 0 N–H and O–H groups in total. The van der Waals surface area contributed by atoms with Gasteiger partial charge in [-0.1, -0.05) is 29.8 Å². The van der Waals surface area contributed by atoms with E-state index in [0.717, 1.165) is 5.56 Å². The molecule has 0 bridgehead atoms. The van der Waals surface area contributed by atoms with E-state index in [0.29, 0.717) is 12.2 Å². The number of nitrogens with zero attached hydrogens (tertiary/aromatic N) is 1. The van der Waals surface area contributed by atoms with Crippen LogP contribution in [0.2, 0.25) is 5.02 Å². The number of halogens is 2. The van der Waals surface area contributed by atoms with Gasteiger partial charge in [0.25, 0.3) is 0 Å². The number of sulfone groups is 1. The Hall–Kier alpha value is -2.12. The molecular formula is C20H21ClFNO4S. The van der Waals surface area contributed by atoms with Crippen LogP contribution in [0, 0.1) is 5.82 Å². The second-order valence-corrected chi connectivity index (χ2v) is 9.44. The van der Waals surface area contributed by atoms with Crippen LogP contribution in [0.25, 0.3) is 0 Å². The lowest BCUT2D eigenvalue weighted by Crippen LogP contribution is -2.41. The van der Waals surface area contributed by atoms with Crippen molar-refractivity contribution in [2.75, 3.05) is 18.6 Å². The van der Waals surface area contributed by atoms with E-state index >= 15 is 0 Å². The second kappa shape index (κ2) is 8.49. The van der Waals surface area contributed by atoms with E-state index in [4.69, 9.17) is 16.3 Å². The molecule has 1 atom stereocenters. The van der Waals surface area contributed by atoms with Crippen molar-refractivity contribution in [3.05, 3.63) is 64.4 Å². The van der Waals surface area contributed by atoms with Gasteiger partial charge in [-0.2, -0.15) is 0 Å². The first kappa shape index (κ1) is 20.6. The van der Waals surface area contributed by atoms with Crippen LogP contribution in [0.3, 0.4) is 0 Å². The van der Waals surface area contributed by atoms with E-state index in [-0.39, 0.29) is 41.0 Å². The molecule has 3 rings (SSSR count). The standard InChI is InChI=1S/C20H21ClFNO4S/c1-27-16-7-5-14(6-8-16)12-23(15-9-10-28(25,26)13-15)20(24)11-17-18(21)3-2-4-19(17)22/h2-8,15H,9-13H2,1H3/t15-/m1/s1. The third kappa shape index (κ3) is 4.83. The van der Waals surface area contributed by atoms with Crippen molar-refractivity contribution in [3.8, 4) is 5.75 Å². The van der Waals surface area contributed by atoms with E-state index in [9.17, 15) is 17.6 Å². The topological polar surface area (TPSA) is 63.7 Å². The van der Waals surface area contributed by atoms with Gasteiger partial charge in [0, 0.05) is 23.2 Å². The predicted molar refractivity (Wildman–Crippen MR) is 106 cm³/mol. The zero-order chi connectivity index (χ0) is 20.3. The largest absolute Gasteiger partial charge is 0.497 e. The summed E-state index contributed by atoms with van der Waals surface area (Å²) in [6.45, 7) is 0.231. The zero-order valence-corrected chi connectivity index (χ0v) is 17.0. The molecule has 150 valence electrons. The first-order chi connectivity index (χ1) is 13.3. The normalized spacial score (nSPS) is 18.0. The molecule has 2 aromatic rings. The van der Waals surface area contributed by atoms with Crippen molar-refractivity contribution < 1.29 is 22.3 Å². The van der Waals surface area contributed by atoms with Gasteiger partial charge >= 0.3 is 0 Å². The molecule has 0 spiro atoms. The van der Waals surface area contributed by atoms with E-state index in [1.54, 1.807) is 19.2 Å². The maximum atomic E-state index is 14.1. The van der Waals surface area contributed by atoms with Gasteiger partial charge in [-0.25, -0.2) is 12.8 Å². The Morgan fingerprint density at radius 3 is 2.54 bits per heavy atom. The first-order valence-electron chi connectivity index (χ1n) is 8.85. The van der Waals surface area contributed by atoms with Gasteiger partial charge in [0.2, 0.25) is 5.91 Å². The molecule has 5 nitrogen and oxygen atoms in total. The monoisotopic (exact) mass is 425 g/mol. The maximum Gasteiger partial charge on any atom is 0.227 e. The van der Waals surface area contributed by atoms with Crippen LogP contribution in [-0.2, 0) is 27.6 Å². The lowest BCUT2D eigenvalue weighted by atomic mass is 10.1. The van der Waals surface area contributed by atoms with E-state index < -0.39 is 21.7 Å². The quantitative estimate of drug-likeness (QED) is 0.712. The van der Waals surface area contributed by atoms with Gasteiger partial charge in [-0.3, -0.25) is 4.79 Å². The highest BCUT2D eigenvalue weighted by molar-refractivity contribution is 7.91. The van der Waals surface area contributed by atoms with Crippen molar-refractivity contribution in [3.63, 3.8) is 0 Å². The summed E-state index contributed by atoms with van der Waals surface area (Å²) in [5.74, 6) is -0.262. The van der Waals surface area contributed by atoms with Crippen molar-refractivity contribution in [2.24, 2.45) is 0 Å². The number of hydrogen-bond donors (Lipinski definition) is 0. The molecule has 0 aliphatic carbocycles. The minimum atomic E-state index is -3.18. The highest BCUT2D eigenvalue weighted by Gasteiger charge is 2.35. The summed E-state index contributed by atoms with van der Waals surface area (Å²) in [6.07, 6.45) is 0.146. The van der Waals surface area contributed by atoms with Gasteiger partial charge in [0.1, 0.15) is 11.6 Å². The molecule has 1 fully saturated rings. The number of amides is 1. The van der Waals surface area contributed by atoms with E-state index in [1.165, 1.54) is 23.1 Å². The SMILES string of the molecule is COc1ccc(CN(C(=O)Cc2c(F)cccc2Cl)[C@@H]2CCS(=O)(=O)C2)cc1. The number of carbonyl (C=O) groups excluding carboxylic acids is 1. The molecule has 1 aliphatic rings. The highest BCUT2D eigenvalue weighted by Crippen LogP contribution is 2.25. The highest BCUT2D eigenvalue weighted by atomic mass is 35.5. The number of benzene rings is 2. The van der Waals surface area contributed by atoms with Crippen LogP contribution in [0.4, 0.5) is 4.39 Å². The molecular weight excluding hydrogens is 405 g/mol. The molecule has 1 aliphatic heterocycles. The van der Waals surface area contributed by atoms with E-state index in [1.807, 2.05) is 12.1 Å². The van der Waals surface area contributed by atoms with Crippen molar-refractivity contribution in [1.29, 1.82) is 0 Å². The molecule has 2 aromatic carbocycles. The zero-order valence-electron chi connectivity index (χ0n) is 15.4. The Bertz CT molecular complexity index is 942. The second-order valence-electron chi connectivity index (χ2n) is 6.80. The summed E-state index contributed by atoms with van der Waals surface area (Å²) in [5.41, 5.74) is 0.952. The molecule has 1 amide bonds. The fraction of sp³-hybridized carbons (Fsp3) is 0.350. The Balaban J connectivity index is 1.85. The Morgan fingerprint density at radius 1 is 1.25 bits per heavy atom. The first-order valence-corrected chi connectivity index (χ1v) is 11.0. The molecule has 0 aromatic heterocycles. The number of ether oxygens (including phenoxy) is 1. The average molecular weight is 426 g/mol. The summed E-state index contributed by atoms with van der Waals surface area (Å²) in [5, 5.41) is 0.178. The molecule has 0 saturated carbocycles. The summed E-state index contributed by atoms with van der Waals surface area (Å²) in [4.78, 5) is 14.5. The van der Waals surface area contributed by atoms with Crippen LogP contribution in [0.1, 0.15) is 17.5 Å². The maximum absolute atomic E-state index is 14.1. The fourth-order valence-corrected chi connectivity index (χ4v) is 5.28. The number of hydrogen-bond acceptors (Lipinski definition) is 4. The summed E-state index contributed by atoms with van der Waals surface area (Å²) < 4.78 is 43.1. The van der Waals surface area contributed by atoms with Gasteiger partial charge in [-0.05, 0) is 36.2 Å². The van der Waals surface area contributed by atoms with Crippen LogP contribution in [0.15, 0.2) is 42.5 Å². The third-order valence-corrected chi connectivity index (χ3v) is 6.98. The molecule has 1 heterocycles. The number of rotatable bonds is 6. The number of methoxy groups -OCH3 is 1. The Morgan fingerprint density at radius 2 is 1.96 bits per heavy atom. The van der Waals surface area contributed by atoms with Crippen molar-refractivity contribution in [2.45, 2.75) is 25.4 Å². The van der Waals surface area contributed by atoms with E-state index in [2.05, 4.69) is 0 Å². The van der Waals surface area contributed by atoms with Gasteiger partial charge in [-0.15, -0.1) is 0 Å². The van der Waals surface area contributed by atoms with Crippen LogP contribution in [-0.4, -0.2) is 43.9 Å². The van der Waals surface area contributed by atoms with Crippen LogP contribution >= 0.6 is 11.6 Å². The van der Waals surface area contributed by atoms with Crippen LogP contribution < -0.4 is 4.74 Å². The lowest BCUT2D eigenvalue weighted by Gasteiger charge is -2.29. The molecule has 0 unspecified atom stereocenters. The van der Waals surface area contributed by atoms with Crippen molar-refractivity contribution in [1.82, 2.24) is 4.90 Å². The summed E-state index contributed by atoms with van der Waals surface area (Å²) in [6, 6.07) is 11.0. The Labute approximate surface area is 169 Å². The van der Waals surface area contributed by atoms with Gasteiger partial charge in [0.15, 0.2) is 9.84 Å². The van der Waals surface area contributed by atoms with Gasteiger partial charge < -0.3 is 9.64 Å². The molecule has 0 radical (unpaired) electrons. The predicted octanol–water partition coefficient (Wildman–Crippen LogP) is 3.25. The molecule has 28 heavy (non-hydrogen) atoms. The minimum absolute atomic E-state index is 0.0461. The minimum Gasteiger partial charge on any atom is -0.497 e. The molecule has 8 heteroatoms. The fourth-order valence-electron chi connectivity index (χ4n) is 3.32. The lowest BCUT2D eigenvalue weighted by molar-refractivity contribution is -0.133. The van der Waals surface area contributed by atoms with Crippen molar-refractivity contribution >= 4 is 27.3 Å². The van der Waals surface area contributed by atoms with Gasteiger partial charge in [0.05, 0.1) is 25.0 Å². The third-order valence-electron chi connectivity index (χ3n) is 4.87. The smallest absolute Gasteiger partial charge is 0.227 e. The van der Waals surface area contributed by atoms with Crippen LogP contribution in [0.5, 0.6) is 5.75 Å². The number of carbonyl (C=O) groups is 1. The Kier molecular flexibility index (Phi) is 6.25. The molecule has 1 saturated heterocycles. The summed E-state index contributed by atoms with van der Waals surface area (Å²) >= 11 is 6.06. The summed E-state index contributed by atoms with van der Waals surface area (Å²) in [7, 11) is -1.62.